The zero-order valence-corrected chi connectivity index (χ0v) is 25.2. The van der Waals surface area contributed by atoms with Crippen LogP contribution in [0.2, 0.25) is 0 Å². The number of para-hydroxylation sites is 1. The highest BCUT2D eigenvalue weighted by Crippen LogP contribution is 2.38. The van der Waals surface area contributed by atoms with Crippen LogP contribution in [0.15, 0.2) is 42.5 Å². The normalized spacial score (nSPS) is 20.4. The summed E-state index contributed by atoms with van der Waals surface area (Å²) in [6.07, 6.45) is 5.06. The number of piperidine rings is 1. The molecule has 2 amide bonds. The SMILES string of the molecule is CCCOc1ccc(CN2CCC3(CCCCNC(=O)c4ccccc4OC[C@H](C(C)C)NC3=O)CC2)cc1OC. The van der Waals surface area contributed by atoms with E-state index in [2.05, 4.69) is 48.4 Å². The molecular formula is C33H47N3O5. The summed E-state index contributed by atoms with van der Waals surface area (Å²) in [5.74, 6) is 2.28. The number of rotatable bonds is 7. The van der Waals surface area contributed by atoms with Gasteiger partial charge in [0, 0.05) is 13.1 Å². The van der Waals surface area contributed by atoms with E-state index in [1.807, 2.05) is 24.3 Å². The van der Waals surface area contributed by atoms with Crippen LogP contribution >= 0.6 is 0 Å². The second kappa shape index (κ2) is 14.6. The first-order valence-electron chi connectivity index (χ1n) is 15.2. The van der Waals surface area contributed by atoms with Crippen LogP contribution in [0.5, 0.6) is 17.2 Å². The predicted molar refractivity (Wildman–Crippen MR) is 161 cm³/mol. The van der Waals surface area contributed by atoms with Gasteiger partial charge in [0.05, 0.1) is 30.7 Å². The first kappa shape index (κ1) is 30.7. The first-order valence-corrected chi connectivity index (χ1v) is 15.2. The lowest BCUT2D eigenvalue weighted by molar-refractivity contribution is -0.136. The van der Waals surface area contributed by atoms with Crippen molar-refractivity contribution in [2.45, 2.75) is 71.9 Å². The smallest absolute Gasteiger partial charge is 0.255 e. The maximum Gasteiger partial charge on any atom is 0.255 e. The lowest BCUT2D eigenvalue weighted by Crippen LogP contribution is -2.53. The largest absolute Gasteiger partial charge is 0.493 e. The van der Waals surface area contributed by atoms with Crippen molar-refractivity contribution in [2.75, 3.05) is 40.0 Å². The molecule has 41 heavy (non-hydrogen) atoms. The molecule has 2 N–H and O–H groups in total. The number of carbonyl (C=O) groups excluding carboxylic acids is 2. The van der Waals surface area contributed by atoms with Gasteiger partial charge in [-0.05, 0) is 80.9 Å². The number of hydrogen-bond donors (Lipinski definition) is 2. The van der Waals surface area contributed by atoms with Gasteiger partial charge in [0.25, 0.3) is 5.91 Å². The van der Waals surface area contributed by atoms with E-state index in [-0.39, 0.29) is 23.8 Å². The molecule has 2 aromatic carbocycles. The van der Waals surface area contributed by atoms with Crippen molar-refractivity contribution >= 4 is 11.8 Å². The van der Waals surface area contributed by atoms with Gasteiger partial charge >= 0.3 is 0 Å². The quantitative estimate of drug-likeness (QED) is 0.480. The highest BCUT2D eigenvalue weighted by atomic mass is 16.5. The van der Waals surface area contributed by atoms with Crippen molar-refractivity contribution in [3.8, 4) is 17.2 Å². The minimum Gasteiger partial charge on any atom is -0.493 e. The molecular weight excluding hydrogens is 518 g/mol. The maximum atomic E-state index is 14.0. The molecule has 0 radical (unpaired) electrons. The molecule has 8 heteroatoms. The number of methoxy groups -OCH3 is 1. The summed E-state index contributed by atoms with van der Waals surface area (Å²) < 4.78 is 17.5. The van der Waals surface area contributed by atoms with E-state index in [0.29, 0.717) is 31.1 Å². The predicted octanol–water partition coefficient (Wildman–Crippen LogP) is 5.20. The summed E-state index contributed by atoms with van der Waals surface area (Å²) in [4.78, 5) is 29.2. The zero-order valence-electron chi connectivity index (χ0n) is 25.2. The van der Waals surface area contributed by atoms with E-state index >= 15 is 0 Å². The molecule has 2 aromatic rings. The van der Waals surface area contributed by atoms with Crippen LogP contribution in [-0.4, -0.2) is 62.7 Å². The fourth-order valence-electron chi connectivity index (χ4n) is 5.70. The summed E-state index contributed by atoms with van der Waals surface area (Å²) in [7, 11) is 1.67. The molecule has 1 saturated heterocycles. The van der Waals surface area contributed by atoms with Gasteiger partial charge in [0.1, 0.15) is 12.4 Å². The first-order chi connectivity index (χ1) is 19.8. The number of nitrogens with one attached hydrogen (secondary N) is 2. The minimum absolute atomic E-state index is 0.118. The number of fused-ring (bicyclic) bond motifs is 1. The Hall–Kier alpha value is -3.26. The van der Waals surface area contributed by atoms with Crippen LogP contribution in [0.25, 0.3) is 0 Å². The van der Waals surface area contributed by atoms with Crippen molar-refractivity contribution in [2.24, 2.45) is 11.3 Å². The lowest BCUT2D eigenvalue weighted by atomic mass is 9.73. The molecule has 0 unspecified atom stereocenters. The Morgan fingerprint density at radius 1 is 1.05 bits per heavy atom. The molecule has 1 fully saturated rings. The van der Waals surface area contributed by atoms with E-state index in [0.717, 1.165) is 69.7 Å². The van der Waals surface area contributed by atoms with Crippen molar-refractivity contribution in [1.29, 1.82) is 0 Å². The van der Waals surface area contributed by atoms with Crippen LogP contribution < -0.4 is 24.8 Å². The second-order valence-corrected chi connectivity index (χ2v) is 11.7. The summed E-state index contributed by atoms with van der Waals surface area (Å²) >= 11 is 0. The van der Waals surface area contributed by atoms with Crippen LogP contribution in [0.4, 0.5) is 0 Å². The molecule has 0 bridgehead atoms. The van der Waals surface area contributed by atoms with Gasteiger partial charge in [-0.2, -0.15) is 0 Å². The molecule has 0 saturated carbocycles. The van der Waals surface area contributed by atoms with Crippen molar-refractivity contribution in [3.63, 3.8) is 0 Å². The molecule has 8 nitrogen and oxygen atoms in total. The van der Waals surface area contributed by atoms with Gasteiger partial charge in [-0.25, -0.2) is 0 Å². The zero-order chi connectivity index (χ0) is 29.2. The van der Waals surface area contributed by atoms with Crippen LogP contribution in [0.1, 0.15) is 75.2 Å². The number of carbonyl (C=O) groups is 2. The fraction of sp³-hybridized carbons (Fsp3) is 0.576. The molecule has 4 rings (SSSR count). The molecule has 0 aromatic heterocycles. The monoisotopic (exact) mass is 565 g/mol. The highest BCUT2D eigenvalue weighted by molar-refractivity contribution is 5.96. The Bertz CT molecular complexity index is 1160. The summed E-state index contributed by atoms with van der Waals surface area (Å²) in [6.45, 7) is 10.3. The van der Waals surface area contributed by atoms with Gasteiger partial charge in [0.2, 0.25) is 5.91 Å². The molecule has 2 aliphatic heterocycles. The van der Waals surface area contributed by atoms with Crippen molar-refractivity contribution < 1.29 is 23.8 Å². The number of ether oxygens (including phenoxy) is 3. The van der Waals surface area contributed by atoms with Gasteiger partial charge in [0.15, 0.2) is 11.5 Å². The van der Waals surface area contributed by atoms with Gasteiger partial charge in [-0.1, -0.05) is 45.4 Å². The Morgan fingerprint density at radius 3 is 2.56 bits per heavy atom. The third-order valence-corrected chi connectivity index (χ3v) is 8.43. The topological polar surface area (TPSA) is 89.1 Å². The van der Waals surface area contributed by atoms with Crippen LogP contribution in [0.3, 0.4) is 0 Å². The van der Waals surface area contributed by atoms with E-state index in [1.165, 1.54) is 5.56 Å². The second-order valence-electron chi connectivity index (χ2n) is 11.7. The minimum atomic E-state index is -0.425. The van der Waals surface area contributed by atoms with Crippen molar-refractivity contribution in [1.82, 2.24) is 15.5 Å². The average molecular weight is 566 g/mol. The van der Waals surface area contributed by atoms with E-state index in [4.69, 9.17) is 14.2 Å². The summed E-state index contributed by atoms with van der Waals surface area (Å²) in [6, 6.07) is 13.3. The van der Waals surface area contributed by atoms with E-state index in [1.54, 1.807) is 13.2 Å². The number of benzene rings is 2. The average Bonchev–Trinajstić information content (AvgIpc) is 2.98. The van der Waals surface area contributed by atoms with Gasteiger partial charge < -0.3 is 24.8 Å². The number of amides is 2. The van der Waals surface area contributed by atoms with Crippen LogP contribution in [0, 0.1) is 11.3 Å². The Kier molecular flexibility index (Phi) is 10.9. The standard InChI is InChI=1S/C33H47N3O5/c1-5-20-40-29-13-12-25(21-30(29)39-4)22-36-18-15-33(16-19-36)14-8-9-17-34-31(37)26-10-6-7-11-28(26)41-23-27(24(2)3)35-32(33)38/h6-7,10-13,21,24,27H,5,8-9,14-20,22-23H2,1-4H3,(H,34,37)(H,35,38)/t27-/m1/s1. The Labute approximate surface area is 245 Å². The Morgan fingerprint density at radius 2 is 1.83 bits per heavy atom. The third kappa shape index (κ3) is 7.94. The number of hydrogen-bond acceptors (Lipinski definition) is 6. The Balaban J connectivity index is 1.45. The highest BCUT2D eigenvalue weighted by Gasteiger charge is 2.42. The van der Waals surface area contributed by atoms with E-state index in [9.17, 15) is 9.59 Å². The van der Waals surface area contributed by atoms with Gasteiger partial charge in [-0.3, -0.25) is 14.5 Å². The van der Waals surface area contributed by atoms with Crippen molar-refractivity contribution in [3.05, 3.63) is 53.6 Å². The third-order valence-electron chi connectivity index (χ3n) is 8.43. The molecule has 1 atom stereocenters. The van der Waals surface area contributed by atoms with E-state index < -0.39 is 5.41 Å². The molecule has 1 spiro atoms. The maximum absolute atomic E-state index is 14.0. The summed E-state index contributed by atoms with van der Waals surface area (Å²) in [5, 5.41) is 6.40. The van der Waals surface area contributed by atoms with Crippen LogP contribution in [-0.2, 0) is 11.3 Å². The molecule has 2 heterocycles. The molecule has 0 aliphatic carbocycles. The lowest BCUT2D eigenvalue weighted by Gasteiger charge is -2.42. The molecule has 224 valence electrons. The summed E-state index contributed by atoms with van der Waals surface area (Å²) in [5.41, 5.74) is 1.28. The number of nitrogens with zero attached hydrogens (tertiary/aromatic N) is 1. The number of likely N-dealkylation sites (tertiary alicyclic amines) is 1. The fourth-order valence-corrected chi connectivity index (χ4v) is 5.70. The van der Waals surface area contributed by atoms with Gasteiger partial charge in [-0.15, -0.1) is 0 Å². The molecule has 2 aliphatic rings.